The minimum Gasteiger partial charge on any atom is -0.375 e. The average Bonchev–Trinajstić information content (AvgIpc) is 1.59. The van der Waals surface area contributed by atoms with Crippen LogP contribution in [0.2, 0.25) is 0 Å². The van der Waals surface area contributed by atoms with Crippen LogP contribution in [0.1, 0.15) is 13.3 Å². The Morgan fingerprint density at radius 3 is 3.00 bits per heavy atom. The van der Waals surface area contributed by atoms with E-state index in [-0.39, 0.29) is 0 Å². The van der Waals surface area contributed by atoms with Gasteiger partial charge in [0, 0.05) is 6.04 Å². The molecule has 2 atom stereocenters. The van der Waals surface area contributed by atoms with Crippen molar-refractivity contribution in [3.8, 4) is 0 Å². The van der Waals surface area contributed by atoms with E-state index in [0.29, 0.717) is 6.04 Å². The first-order chi connectivity index (χ1) is 4.18. The molecule has 0 fully saturated rings. The first-order valence-electron chi connectivity index (χ1n) is 2.99. The lowest BCUT2D eigenvalue weighted by molar-refractivity contribution is 0.163. The van der Waals surface area contributed by atoms with Crippen LogP contribution in [-0.4, -0.2) is 17.4 Å². The molecule has 52 valence electrons. The fraction of sp³-hybridized carbons (Fsp3) is 0.667. The second-order valence-corrected chi connectivity index (χ2v) is 3.72. The summed E-state index contributed by atoms with van der Waals surface area (Å²) in [6, 6.07) is 0.414. The van der Waals surface area contributed by atoms with Crippen LogP contribution < -0.4 is 5.32 Å². The molecular weight excluding hydrogens is 229 g/mol. The molecule has 0 saturated carbocycles. The van der Waals surface area contributed by atoms with Crippen molar-refractivity contribution in [2.75, 3.05) is 0 Å². The molecule has 2 N–H and O–H groups in total. The van der Waals surface area contributed by atoms with Crippen LogP contribution in [0.5, 0.6) is 0 Å². The molecule has 1 aliphatic heterocycles. The number of rotatable bonds is 0. The van der Waals surface area contributed by atoms with E-state index >= 15 is 0 Å². The molecule has 0 aromatic heterocycles. The molecule has 3 heteroatoms. The second-order valence-electron chi connectivity index (χ2n) is 2.33. The zero-order valence-electron chi connectivity index (χ0n) is 5.26. The highest BCUT2D eigenvalue weighted by atomic mass is 127. The summed E-state index contributed by atoms with van der Waals surface area (Å²) in [5.41, 5.74) is 0. The van der Waals surface area contributed by atoms with Crippen LogP contribution in [0, 0.1) is 0 Å². The molecule has 0 aromatic carbocycles. The van der Waals surface area contributed by atoms with E-state index in [2.05, 4.69) is 34.8 Å². The lowest BCUT2D eigenvalue weighted by Crippen LogP contribution is -2.38. The molecular formula is C6H10INO. The normalized spacial score (nSPS) is 36.1. The van der Waals surface area contributed by atoms with Crippen LogP contribution in [0.3, 0.4) is 0 Å². The topological polar surface area (TPSA) is 32.3 Å². The van der Waals surface area contributed by atoms with Gasteiger partial charge in [-0.2, -0.15) is 0 Å². The minimum absolute atomic E-state index is 0.414. The van der Waals surface area contributed by atoms with E-state index in [0.717, 1.165) is 6.42 Å². The van der Waals surface area contributed by atoms with Crippen molar-refractivity contribution in [3.05, 3.63) is 9.66 Å². The maximum absolute atomic E-state index is 9.06. The molecule has 0 aliphatic carbocycles. The maximum Gasteiger partial charge on any atom is 0.125 e. The Morgan fingerprint density at radius 2 is 2.56 bits per heavy atom. The van der Waals surface area contributed by atoms with Gasteiger partial charge in [-0.1, -0.05) is 0 Å². The van der Waals surface area contributed by atoms with Crippen LogP contribution in [-0.2, 0) is 0 Å². The third-order valence-corrected chi connectivity index (χ3v) is 2.10. The second kappa shape index (κ2) is 2.98. The molecule has 1 rings (SSSR count). The monoisotopic (exact) mass is 239 g/mol. The highest BCUT2D eigenvalue weighted by molar-refractivity contribution is 14.1. The summed E-state index contributed by atoms with van der Waals surface area (Å²) >= 11 is 2.25. The fourth-order valence-corrected chi connectivity index (χ4v) is 1.93. The highest BCUT2D eigenvalue weighted by Gasteiger charge is 2.13. The lowest BCUT2D eigenvalue weighted by atomic mass is 10.1. The Kier molecular flexibility index (Phi) is 2.49. The van der Waals surface area contributed by atoms with Gasteiger partial charge < -0.3 is 5.11 Å². The van der Waals surface area contributed by atoms with Crippen LogP contribution >= 0.6 is 22.6 Å². The summed E-state index contributed by atoms with van der Waals surface area (Å²) in [4.78, 5) is 0. The molecule has 0 spiro atoms. The maximum atomic E-state index is 9.06. The van der Waals surface area contributed by atoms with Crippen molar-refractivity contribution in [2.45, 2.75) is 25.6 Å². The quantitative estimate of drug-likeness (QED) is 0.618. The Balaban J connectivity index is 2.56. The van der Waals surface area contributed by atoms with Gasteiger partial charge >= 0.3 is 0 Å². The van der Waals surface area contributed by atoms with E-state index < -0.39 is 6.23 Å². The highest BCUT2D eigenvalue weighted by Crippen LogP contribution is 2.18. The Labute approximate surface area is 68.5 Å². The van der Waals surface area contributed by atoms with Gasteiger partial charge in [0.2, 0.25) is 0 Å². The summed E-state index contributed by atoms with van der Waals surface area (Å²) in [7, 11) is 0. The largest absolute Gasteiger partial charge is 0.375 e. The molecule has 0 radical (unpaired) electrons. The number of aliphatic hydroxyl groups excluding tert-OH is 1. The molecule has 1 unspecified atom stereocenters. The smallest absolute Gasteiger partial charge is 0.125 e. The van der Waals surface area contributed by atoms with Crippen LogP contribution in [0.15, 0.2) is 9.66 Å². The molecule has 0 bridgehead atoms. The van der Waals surface area contributed by atoms with Crippen molar-refractivity contribution in [3.63, 3.8) is 0 Å². The van der Waals surface area contributed by atoms with Gasteiger partial charge in [0.15, 0.2) is 0 Å². The molecule has 1 aliphatic rings. The lowest BCUT2D eigenvalue weighted by Gasteiger charge is -2.21. The number of aliphatic hydroxyl groups is 1. The fourth-order valence-electron chi connectivity index (χ4n) is 0.930. The van der Waals surface area contributed by atoms with Gasteiger partial charge in [0.05, 0.1) is 0 Å². The third kappa shape index (κ3) is 2.23. The summed E-state index contributed by atoms with van der Waals surface area (Å²) in [5.74, 6) is 0. The van der Waals surface area contributed by atoms with Crippen molar-refractivity contribution >= 4 is 22.6 Å². The van der Waals surface area contributed by atoms with Crippen molar-refractivity contribution < 1.29 is 5.11 Å². The first kappa shape index (κ1) is 7.50. The molecule has 1 heterocycles. The van der Waals surface area contributed by atoms with E-state index in [1.807, 2.05) is 6.08 Å². The predicted molar refractivity (Wildman–Crippen MR) is 45.3 cm³/mol. The van der Waals surface area contributed by atoms with Crippen molar-refractivity contribution in [1.82, 2.24) is 5.32 Å². The van der Waals surface area contributed by atoms with E-state index in [1.54, 1.807) is 0 Å². The number of hydrogen-bond acceptors (Lipinski definition) is 2. The summed E-state index contributed by atoms with van der Waals surface area (Å²) in [5, 5.41) is 12.0. The molecule has 0 amide bonds. The van der Waals surface area contributed by atoms with Gasteiger partial charge in [-0.25, -0.2) is 0 Å². The SMILES string of the molecule is C[C@H]1CC(I)=CC(O)N1. The molecule has 9 heavy (non-hydrogen) atoms. The Bertz CT molecular complexity index is 135. The zero-order valence-corrected chi connectivity index (χ0v) is 7.42. The standard InChI is InChI=1S/C6H10INO/c1-4-2-5(7)3-6(9)8-4/h3-4,6,8-9H,2H2,1H3/t4-,6?/m0/s1. The van der Waals surface area contributed by atoms with E-state index in [1.165, 1.54) is 3.58 Å². The first-order valence-corrected chi connectivity index (χ1v) is 4.06. The molecule has 0 saturated heterocycles. The third-order valence-electron chi connectivity index (χ3n) is 1.30. The summed E-state index contributed by atoms with van der Waals surface area (Å²) < 4.78 is 1.24. The van der Waals surface area contributed by atoms with E-state index in [4.69, 9.17) is 5.11 Å². The van der Waals surface area contributed by atoms with Gasteiger partial charge in [-0.3, -0.25) is 5.32 Å². The van der Waals surface area contributed by atoms with Crippen molar-refractivity contribution in [1.29, 1.82) is 0 Å². The Morgan fingerprint density at radius 1 is 1.89 bits per heavy atom. The van der Waals surface area contributed by atoms with Gasteiger partial charge in [-0.05, 0) is 45.6 Å². The average molecular weight is 239 g/mol. The van der Waals surface area contributed by atoms with E-state index in [9.17, 15) is 0 Å². The summed E-state index contributed by atoms with van der Waals surface area (Å²) in [6.45, 7) is 2.06. The van der Waals surface area contributed by atoms with Crippen LogP contribution in [0.25, 0.3) is 0 Å². The van der Waals surface area contributed by atoms with Gasteiger partial charge in [0.25, 0.3) is 0 Å². The zero-order chi connectivity index (χ0) is 6.85. The number of halogens is 1. The summed E-state index contributed by atoms with van der Waals surface area (Å²) in [6.07, 6.45) is 2.44. The molecule has 2 nitrogen and oxygen atoms in total. The molecule has 0 aromatic rings. The van der Waals surface area contributed by atoms with Gasteiger partial charge in [0.1, 0.15) is 6.23 Å². The number of hydrogen-bond donors (Lipinski definition) is 2. The minimum atomic E-state index is -0.430. The van der Waals surface area contributed by atoms with Gasteiger partial charge in [-0.15, -0.1) is 0 Å². The number of nitrogens with one attached hydrogen (secondary N) is 1. The Hall–Kier alpha value is 0.390. The van der Waals surface area contributed by atoms with Crippen LogP contribution in [0.4, 0.5) is 0 Å². The van der Waals surface area contributed by atoms with Crippen molar-refractivity contribution in [2.24, 2.45) is 0 Å². The predicted octanol–water partition coefficient (Wildman–Crippen LogP) is 1.01.